The SMILES string of the molecule is Cc1nc(Cc2cncc(N3CCOCC3)n2)sc1-c1ccc(S(N)(=O)=O)cc1. The van der Waals surface area contributed by atoms with E-state index in [2.05, 4.69) is 14.9 Å². The van der Waals surface area contributed by atoms with Gasteiger partial charge in [0.15, 0.2) is 0 Å². The molecule has 29 heavy (non-hydrogen) atoms. The average molecular weight is 432 g/mol. The third-order valence-electron chi connectivity index (χ3n) is 4.63. The number of anilines is 1. The Morgan fingerprint density at radius 1 is 1.14 bits per heavy atom. The highest BCUT2D eigenvalue weighted by Crippen LogP contribution is 2.31. The first-order chi connectivity index (χ1) is 13.9. The summed E-state index contributed by atoms with van der Waals surface area (Å²) in [6, 6.07) is 6.54. The number of nitrogens with zero attached hydrogens (tertiary/aromatic N) is 4. The van der Waals surface area contributed by atoms with Crippen LogP contribution < -0.4 is 10.0 Å². The normalized spacial score (nSPS) is 14.9. The van der Waals surface area contributed by atoms with E-state index >= 15 is 0 Å². The van der Waals surface area contributed by atoms with Gasteiger partial charge in [0, 0.05) is 25.7 Å². The predicted molar refractivity (Wildman–Crippen MR) is 112 cm³/mol. The molecule has 3 aromatic rings. The van der Waals surface area contributed by atoms with E-state index in [0.29, 0.717) is 19.6 Å². The van der Waals surface area contributed by atoms with Gasteiger partial charge >= 0.3 is 0 Å². The third kappa shape index (κ3) is 4.61. The molecule has 2 N–H and O–H groups in total. The van der Waals surface area contributed by atoms with Crippen LogP contribution in [0.2, 0.25) is 0 Å². The summed E-state index contributed by atoms with van der Waals surface area (Å²) in [5.41, 5.74) is 2.66. The molecule has 0 amide bonds. The third-order valence-corrected chi connectivity index (χ3v) is 6.76. The molecule has 8 nitrogen and oxygen atoms in total. The number of aromatic nitrogens is 3. The molecule has 0 spiro atoms. The summed E-state index contributed by atoms with van der Waals surface area (Å²) in [6.45, 7) is 4.97. The highest BCUT2D eigenvalue weighted by atomic mass is 32.2. The molecular formula is C19H21N5O3S2. The van der Waals surface area contributed by atoms with Crippen LogP contribution in [-0.4, -0.2) is 49.7 Å². The highest BCUT2D eigenvalue weighted by molar-refractivity contribution is 7.89. The van der Waals surface area contributed by atoms with E-state index < -0.39 is 10.0 Å². The largest absolute Gasteiger partial charge is 0.378 e. The van der Waals surface area contributed by atoms with Crippen molar-refractivity contribution in [3.05, 3.63) is 53.1 Å². The van der Waals surface area contributed by atoms with Crippen molar-refractivity contribution in [1.82, 2.24) is 15.0 Å². The number of primary sulfonamides is 1. The molecule has 1 aliphatic rings. The zero-order valence-electron chi connectivity index (χ0n) is 15.9. The van der Waals surface area contributed by atoms with E-state index in [9.17, 15) is 8.42 Å². The van der Waals surface area contributed by atoms with Gasteiger partial charge in [-0.25, -0.2) is 23.5 Å². The number of hydrogen-bond acceptors (Lipinski definition) is 8. The van der Waals surface area contributed by atoms with E-state index in [4.69, 9.17) is 14.9 Å². The fraction of sp³-hybridized carbons (Fsp3) is 0.316. The molecule has 0 radical (unpaired) electrons. The second-order valence-corrected chi connectivity index (χ2v) is 9.38. The Morgan fingerprint density at radius 2 is 1.86 bits per heavy atom. The number of benzene rings is 1. The standard InChI is InChI=1S/C19H21N5O3S2/c1-13-19(14-2-4-16(5-3-14)29(20,25)26)28-18(22-13)10-15-11-21-12-17(23-15)24-6-8-27-9-7-24/h2-5,11-12H,6-10H2,1H3,(H2,20,25,26). The summed E-state index contributed by atoms with van der Waals surface area (Å²) >= 11 is 1.57. The van der Waals surface area contributed by atoms with Gasteiger partial charge in [0.25, 0.3) is 0 Å². The van der Waals surface area contributed by atoms with Gasteiger partial charge in [-0.2, -0.15) is 0 Å². The summed E-state index contributed by atoms with van der Waals surface area (Å²) in [4.78, 5) is 17.0. The first-order valence-electron chi connectivity index (χ1n) is 9.13. The van der Waals surface area contributed by atoms with Gasteiger partial charge in [-0.15, -0.1) is 11.3 Å². The summed E-state index contributed by atoms with van der Waals surface area (Å²) in [6.07, 6.45) is 4.13. The average Bonchev–Trinajstić information content (AvgIpc) is 3.08. The summed E-state index contributed by atoms with van der Waals surface area (Å²) < 4.78 is 28.3. The number of aryl methyl sites for hydroxylation is 1. The van der Waals surface area contributed by atoms with Gasteiger partial charge in [-0.05, 0) is 24.6 Å². The van der Waals surface area contributed by atoms with Crippen LogP contribution in [0.5, 0.6) is 0 Å². The van der Waals surface area contributed by atoms with Crippen molar-refractivity contribution in [3.8, 4) is 10.4 Å². The van der Waals surface area contributed by atoms with Crippen molar-refractivity contribution in [2.75, 3.05) is 31.2 Å². The molecular weight excluding hydrogens is 410 g/mol. The van der Waals surface area contributed by atoms with Crippen molar-refractivity contribution in [2.45, 2.75) is 18.2 Å². The Morgan fingerprint density at radius 3 is 2.55 bits per heavy atom. The fourth-order valence-corrected chi connectivity index (χ4v) is 4.77. The second-order valence-electron chi connectivity index (χ2n) is 6.74. The second kappa shape index (κ2) is 8.15. The lowest BCUT2D eigenvalue weighted by Crippen LogP contribution is -2.36. The highest BCUT2D eigenvalue weighted by Gasteiger charge is 2.15. The maximum absolute atomic E-state index is 11.4. The van der Waals surface area contributed by atoms with Crippen molar-refractivity contribution in [1.29, 1.82) is 0 Å². The lowest BCUT2D eigenvalue weighted by molar-refractivity contribution is 0.122. The first kappa shape index (κ1) is 19.9. The smallest absolute Gasteiger partial charge is 0.238 e. The summed E-state index contributed by atoms with van der Waals surface area (Å²) in [5, 5.41) is 6.10. The molecule has 1 aliphatic heterocycles. The molecule has 152 valence electrons. The van der Waals surface area contributed by atoms with Crippen LogP contribution in [-0.2, 0) is 21.2 Å². The van der Waals surface area contributed by atoms with Crippen LogP contribution in [0.15, 0.2) is 41.6 Å². The van der Waals surface area contributed by atoms with E-state index in [1.807, 2.05) is 6.92 Å². The Labute approximate surface area is 173 Å². The van der Waals surface area contributed by atoms with Gasteiger partial charge in [-0.1, -0.05) is 12.1 Å². The zero-order chi connectivity index (χ0) is 20.4. The summed E-state index contributed by atoms with van der Waals surface area (Å²) in [5.74, 6) is 0.859. The van der Waals surface area contributed by atoms with Crippen LogP contribution in [0.25, 0.3) is 10.4 Å². The van der Waals surface area contributed by atoms with Gasteiger partial charge in [-0.3, -0.25) is 4.98 Å². The van der Waals surface area contributed by atoms with Crippen LogP contribution in [0.1, 0.15) is 16.4 Å². The Bertz CT molecular complexity index is 1110. The van der Waals surface area contributed by atoms with E-state index in [1.54, 1.807) is 35.9 Å². The van der Waals surface area contributed by atoms with Gasteiger partial charge in [0.1, 0.15) is 5.82 Å². The van der Waals surface area contributed by atoms with Crippen LogP contribution >= 0.6 is 11.3 Å². The quantitative estimate of drug-likeness (QED) is 0.657. The number of morpholine rings is 1. The van der Waals surface area contributed by atoms with Gasteiger partial charge in [0.2, 0.25) is 10.0 Å². The molecule has 0 atom stereocenters. The van der Waals surface area contributed by atoms with E-state index in [-0.39, 0.29) is 4.90 Å². The molecule has 0 saturated carbocycles. The topological polar surface area (TPSA) is 111 Å². The molecule has 1 fully saturated rings. The number of sulfonamides is 1. The lowest BCUT2D eigenvalue weighted by Gasteiger charge is -2.27. The lowest BCUT2D eigenvalue weighted by atomic mass is 10.2. The molecule has 0 unspecified atom stereocenters. The molecule has 3 heterocycles. The molecule has 0 bridgehead atoms. The minimum atomic E-state index is -3.70. The number of thiazole rings is 1. The predicted octanol–water partition coefficient (Wildman–Crippen LogP) is 1.98. The van der Waals surface area contributed by atoms with Crippen molar-refractivity contribution < 1.29 is 13.2 Å². The maximum Gasteiger partial charge on any atom is 0.238 e. The molecule has 0 aliphatic carbocycles. The minimum Gasteiger partial charge on any atom is -0.378 e. The molecule has 4 rings (SSSR count). The monoisotopic (exact) mass is 431 g/mol. The molecule has 10 heteroatoms. The van der Waals surface area contributed by atoms with Crippen LogP contribution in [0.4, 0.5) is 5.82 Å². The Hall–Kier alpha value is -2.40. The summed E-state index contributed by atoms with van der Waals surface area (Å²) in [7, 11) is -3.70. The Balaban J connectivity index is 1.54. The van der Waals surface area contributed by atoms with Crippen LogP contribution in [0.3, 0.4) is 0 Å². The number of ether oxygens (including phenoxy) is 1. The maximum atomic E-state index is 11.4. The number of rotatable bonds is 5. The van der Waals surface area contributed by atoms with Crippen molar-refractivity contribution >= 4 is 27.2 Å². The first-order valence-corrected chi connectivity index (χ1v) is 11.5. The van der Waals surface area contributed by atoms with Crippen molar-refractivity contribution in [3.63, 3.8) is 0 Å². The molecule has 1 saturated heterocycles. The minimum absolute atomic E-state index is 0.0962. The van der Waals surface area contributed by atoms with Crippen LogP contribution in [0, 0.1) is 6.92 Å². The van der Waals surface area contributed by atoms with E-state index in [1.165, 1.54) is 12.1 Å². The zero-order valence-corrected chi connectivity index (χ0v) is 17.5. The van der Waals surface area contributed by atoms with Crippen molar-refractivity contribution in [2.24, 2.45) is 5.14 Å². The molecule has 2 aromatic heterocycles. The van der Waals surface area contributed by atoms with E-state index in [0.717, 1.165) is 45.7 Å². The number of nitrogens with two attached hydrogens (primary N) is 1. The Kier molecular flexibility index (Phi) is 5.59. The molecule has 1 aromatic carbocycles. The number of hydrogen-bond donors (Lipinski definition) is 1. The fourth-order valence-electron chi connectivity index (χ4n) is 3.17. The van der Waals surface area contributed by atoms with Gasteiger partial charge in [0.05, 0.1) is 45.6 Å². The van der Waals surface area contributed by atoms with Gasteiger partial charge < -0.3 is 9.64 Å².